The molecule has 5 nitrogen and oxygen atoms in total. The first kappa shape index (κ1) is 16.8. The van der Waals surface area contributed by atoms with Crippen molar-refractivity contribution in [2.45, 2.75) is 37.5 Å². The molecule has 0 aliphatic heterocycles. The van der Waals surface area contributed by atoms with E-state index in [-0.39, 0.29) is 23.8 Å². The van der Waals surface area contributed by atoms with Crippen LogP contribution in [0.5, 0.6) is 5.75 Å². The molecule has 20 heavy (non-hydrogen) atoms. The van der Waals surface area contributed by atoms with Crippen molar-refractivity contribution in [3.8, 4) is 5.75 Å². The molecular weight excluding hydrogens is 304 g/mol. The maximum Gasteiger partial charge on any atom is 0.306 e. The Labute approximate surface area is 122 Å². The predicted molar refractivity (Wildman–Crippen MR) is 75.9 cm³/mol. The molecule has 0 saturated carbocycles. The molecule has 7 heteroatoms. The van der Waals surface area contributed by atoms with Gasteiger partial charge in [-0.05, 0) is 36.1 Å². The van der Waals surface area contributed by atoms with E-state index in [0.717, 1.165) is 6.42 Å². The zero-order valence-corrected chi connectivity index (χ0v) is 12.9. The highest BCUT2D eigenvalue weighted by Crippen LogP contribution is 2.32. The Balaban J connectivity index is 3.07. The first-order valence-electron chi connectivity index (χ1n) is 6.19. The van der Waals surface area contributed by atoms with Gasteiger partial charge >= 0.3 is 5.97 Å². The molecule has 0 saturated heterocycles. The highest BCUT2D eigenvalue weighted by Gasteiger charge is 2.17. The molecule has 0 spiro atoms. The number of aliphatic carboxylic acids is 1. The molecule has 1 aromatic carbocycles. The molecule has 1 rings (SSSR count). The van der Waals surface area contributed by atoms with Crippen LogP contribution in [0.15, 0.2) is 23.1 Å². The van der Waals surface area contributed by atoms with E-state index >= 15 is 0 Å². The van der Waals surface area contributed by atoms with Gasteiger partial charge in [0.2, 0.25) is 0 Å². The quantitative estimate of drug-likeness (QED) is 0.781. The minimum Gasteiger partial charge on any atom is -0.493 e. The third-order valence-corrected chi connectivity index (χ3v) is 4.33. The maximum absolute atomic E-state index is 11.4. The number of hydrogen-bond donors (Lipinski definition) is 1. The molecule has 0 aliphatic rings. The van der Waals surface area contributed by atoms with E-state index in [2.05, 4.69) is 0 Å². The fourth-order valence-corrected chi connectivity index (χ4v) is 2.45. The highest BCUT2D eigenvalue weighted by atomic mass is 35.7. The summed E-state index contributed by atoms with van der Waals surface area (Å²) >= 11 is 0. The van der Waals surface area contributed by atoms with Gasteiger partial charge < -0.3 is 9.84 Å². The van der Waals surface area contributed by atoms with Gasteiger partial charge in [0, 0.05) is 10.7 Å². The lowest BCUT2D eigenvalue weighted by Gasteiger charge is -2.16. The van der Waals surface area contributed by atoms with E-state index in [9.17, 15) is 13.2 Å². The molecule has 0 aromatic heterocycles. The summed E-state index contributed by atoms with van der Waals surface area (Å²) in [5.74, 6) is -0.382. The summed E-state index contributed by atoms with van der Waals surface area (Å²) in [6.07, 6.45) is 0.677. The Hall–Kier alpha value is -1.27. The summed E-state index contributed by atoms with van der Waals surface area (Å²) in [5, 5.41) is 8.59. The van der Waals surface area contributed by atoms with Crippen LogP contribution >= 0.6 is 10.7 Å². The Kier molecular flexibility index (Phi) is 5.83. The van der Waals surface area contributed by atoms with Crippen LogP contribution in [0, 0.1) is 0 Å². The van der Waals surface area contributed by atoms with Crippen LogP contribution in [0.3, 0.4) is 0 Å². The SMILES string of the molecule is CCC(C)c1cc(S(=O)(=O)Cl)ccc1OCCC(=O)O. The standard InChI is InChI=1S/C13H17ClO5S/c1-3-9(2)11-8-10(20(14,17)18)4-5-12(11)19-7-6-13(15)16/h4-5,8-9H,3,6-7H2,1-2H3,(H,15,16). The molecule has 0 radical (unpaired) electrons. The molecule has 0 fully saturated rings. The van der Waals surface area contributed by atoms with Crippen LogP contribution < -0.4 is 4.74 Å². The molecular formula is C13H17ClO5S. The van der Waals surface area contributed by atoms with E-state index in [1.807, 2.05) is 13.8 Å². The number of rotatable bonds is 7. The normalized spacial score (nSPS) is 12.9. The maximum atomic E-state index is 11.4. The average molecular weight is 321 g/mol. The lowest BCUT2D eigenvalue weighted by molar-refractivity contribution is -0.137. The van der Waals surface area contributed by atoms with Crippen molar-refractivity contribution < 1.29 is 23.1 Å². The van der Waals surface area contributed by atoms with Crippen LogP contribution in [0.2, 0.25) is 0 Å². The van der Waals surface area contributed by atoms with Gasteiger partial charge in [-0.1, -0.05) is 13.8 Å². The van der Waals surface area contributed by atoms with Crippen molar-refractivity contribution in [3.63, 3.8) is 0 Å². The summed E-state index contributed by atoms with van der Waals surface area (Å²) in [6.45, 7) is 3.93. The third-order valence-electron chi connectivity index (χ3n) is 2.98. The Morgan fingerprint density at radius 2 is 2.10 bits per heavy atom. The first-order chi connectivity index (χ1) is 9.25. The summed E-state index contributed by atoms with van der Waals surface area (Å²) < 4.78 is 28.1. The smallest absolute Gasteiger partial charge is 0.306 e. The first-order valence-corrected chi connectivity index (χ1v) is 8.49. The second kappa shape index (κ2) is 6.95. The summed E-state index contributed by atoms with van der Waals surface area (Å²) in [4.78, 5) is 10.5. The second-order valence-electron chi connectivity index (χ2n) is 4.44. The molecule has 1 N–H and O–H groups in total. The highest BCUT2D eigenvalue weighted by molar-refractivity contribution is 8.13. The Bertz CT molecular complexity index is 582. The number of benzene rings is 1. The molecule has 1 aromatic rings. The van der Waals surface area contributed by atoms with E-state index in [1.54, 1.807) is 0 Å². The van der Waals surface area contributed by atoms with Crippen LogP contribution in [0.4, 0.5) is 0 Å². The van der Waals surface area contributed by atoms with Crippen molar-refractivity contribution in [3.05, 3.63) is 23.8 Å². The van der Waals surface area contributed by atoms with Gasteiger partial charge in [0.25, 0.3) is 9.05 Å². The topological polar surface area (TPSA) is 80.7 Å². The predicted octanol–water partition coefficient (Wildman–Crippen LogP) is 2.98. The fraction of sp³-hybridized carbons (Fsp3) is 0.462. The summed E-state index contributed by atoms with van der Waals surface area (Å²) in [6, 6.07) is 4.34. The number of ether oxygens (including phenoxy) is 1. The van der Waals surface area contributed by atoms with Crippen molar-refractivity contribution in [1.29, 1.82) is 0 Å². The van der Waals surface area contributed by atoms with Gasteiger partial charge in [0.05, 0.1) is 17.9 Å². The zero-order chi connectivity index (χ0) is 15.3. The number of hydrogen-bond acceptors (Lipinski definition) is 4. The minimum absolute atomic E-state index is 0.0139. The molecule has 112 valence electrons. The largest absolute Gasteiger partial charge is 0.493 e. The number of carboxylic acids is 1. The lowest BCUT2D eigenvalue weighted by Crippen LogP contribution is -2.07. The molecule has 0 amide bonds. The molecule has 0 heterocycles. The van der Waals surface area contributed by atoms with Gasteiger partial charge in [-0.15, -0.1) is 0 Å². The van der Waals surface area contributed by atoms with Crippen molar-refractivity contribution in [2.24, 2.45) is 0 Å². The van der Waals surface area contributed by atoms with Crippen molar-refractivity contribution >= 4 is 25.7 Å². The second-order valence-corrected chi connectivity index (χ2v) is 7.00. The average Bonchev–Trinajstić information content (AvgIpc) is 2.36. The van der Waals surface area contributed by atoms with Gasteiger partial charge in [0.1, 0.15) is 5.75 Å². The number of carbonyl (C=O) groups is 1. The van der Waals surface area contributed by atoms with Crippen molar-refractivity contribution in [2.75, 3.05) is 6.61 Å². The Morgan fingerprint density at radius 1 is 1.45 bits per heavy atom. The van der Waals surface area contributed by atoms with E-state index in [0.29, 0.717) is 11.3 Å². The fourth-order valence-electron chi connectivity index (χ4n) is 1.66. The molecule has 0 aliphatic carbocycles. The molecule has 1 unspecified atom stereocenters. The van der Waals surface area contributed by atoms with Gasteiger partial charge in [0.15, 0.2) is 0 Å². The summed E-state index contributed by atoms with van der Waals surface area (Å²) in [7, 11) is 1.54. The van der Waals surface area contributed by atoms with Crippen LogP contribution in [0.25, 0.3) is 0 Å². The zero-order valence-electron chi connectivity index (χ0n) is 11.3. The van der Waals surface area contributed by atoms with E-state index in [4.69, 9.17) is 20.5 Å². The lowest BCUT2D eigenvalue weighted by atomic mass is 9.98. The molecule has 1 atom stereocenters. The van der Waals surface area contributed by atoms with Crippen LogP contribution in [-0.4, -0.2) is 26.1 Å². The third kappa shape index (κ3) is 4.68. The van der Waals surface area contributed by atoms with Gasteiger partial charge in [-0.25, -0.2) is 8.42 Å². The van der Waals surface area contributed by atoms with E-state index in [1.165, 1.54) is 18.2 Å². The van der Waals surface area contributed by atoms with Crippen LogP contribution in [-0.2, 0) is 13.8 Å². The van der Waals surface area contributed by atoms with E-state index < -0.39 is 15.0 Å². The molecule has 0 bridgehead atoms. The minimum atomic E-state index is -3.80. The number of halogens is 1. The van der Waals surface area contributed by atoms with Gasteiger partial charge in [-0.3, -0.25) is 4.79 Å². The summed E-state index contributed by atoms with van der Waals surface area (Å²) in [5.41, 5.74) is 0.708. The van der Waals surface area contributed by atoms with Crippen LogP contribution in [0.1, 0.15) is 38.2 Å². The Morgan fingerprint density at radius 3 is 2.60 bits per heavy atom. The van der Waals surface area contributed by atoms with Crippen molar-refractivity contribution in [1.82, 2.24) is 0 Å². The monoisotopic (exact) mass is 320 g/mol. The number of carboxylic acid groups (broad SMARTS) is 1. The van der Waals surface area contributed by atoms with Gasteiger partial charge in [-0.2, -0.15) is 0 Å².